The molecule has 106 valence electrons. The third-order valence-electron chi connectivity index (χ3n) is 3.18. The van der Waals surface area contributed by atoms with Crippen LogP contribution in [-0.4, -0.2) is 19.3 Å². The average molecular weight is 336 g/mol. The first-order valence-electron chi connectivity index (χ1n) is 6.37. The number of rotatable bonds is 5. The molecule has 20 heavy (non-hydrogen) atoms. The smallest absolute Gasteiger partial charge is 0.118 e. The normalized spacial score (nSPS) is 10.4. The Hall–Kier alpha value is -1.52. The molecule has 1 N–H and O–H groups in total. The molecule has 0 radical (unpaired) electrons. The van der Waals surface area contributed by atoms with Crippen LogP contribution in [0.3, 0.4) is 0 Å². The summed E-state index contributed by atoms with van der Waals surface area (Å²) in [5.74, 6) is 0.866. The SMILES string of the molecule is COc1ccc(CN(C)c2ccc(CO)cc2Br)cc1. The Bertz CT molecular complexity index is 569. The van der Waals surface area contributed by atoms with Crippen molar-refractivity contribution in [1.29, 1.82) is 0 Å². The highest BCUT2D eigenvalue weighted by molar-refractivity contribution is 9.10. The standard InChI is InChI=1S/C16H18BrNO2/c1-18(10-12-3-6-14(20-2)7-4-12)16-8-5-13(11-19)9-15(16)17/h3-9,19H,10-11H2,1-2H3. The molecule has 2 aromatic rings. The number of benzene rings is 2. The summed E-state index contributed by atoms with van der Waals surface area (Å²) < 4.78 is 6.14. The Labute approximate surface area is 127 Å². The van der Waals surface area contributed by atoms with Crippen LogP contribution in [0.2, 0.25) is 0 Å². The number of ether oxygens (including phenoxy) is 1. The molecule has 2 aromatic carbocycles. The van der Waals surface area contributed by atoms with Crippen molar-refractivity contribution in [3.05, 3.63) is 58.1 Å². The fourth-order valence-corrected chi connectivity index (χ4v) is 2.78. The van der Waals surface area contributed by atoms with Gasteiger partial charge >= 0.3 is 0 Å². The first-order chi connectivity index (χ1) is 9.63. The van der Waals surface area contributed by atoms with Crippen molar-refractivity contribution in [1.82, 2.24) is 0 Å². The van der Waals surface area contributed by atoms with Gasteiger partial charge in [0.25, 0.3) is 0 Å². The second-order valence-electron chi connectivity index (χ2n) is 4.65. The molecule has 0 saturated carbocycles. The van der Waals surface area contributed by atoms with Crippen molar-refractivity contribution < 1.29 is 9.84 Å². The van der Waals surface area contributed by atoms with Crippen LogP contribution >= 0.6 is 15.9 Å². The average Bonchev–Trinajstić information content (AvgIpc) is 2.47. The Kier molecular flexibility index (Phi) is 5.04. The van der Waals surface area contributed by atoms with Gasteiger partial charge in [0.05, 0.1) is 19.4 Å². The number of methoxy groups -OCH3 is 1. The van der Waals surface area contributed by atoms with Crippen molar-refractivity contribution in [2.45, 2.75) is 13.2 Å². The highest BCUT2D eigenvalue weighted by Gasteiger charge is 2.07. The third kappa shape index (κ3) is 3.52. The second-order valence-corrected chi connectivity index (χ2v) is 5.50. The highest BCUT2D eigenvalue weighted by Crippen LogP contribution is 2.28. The van der Waals surface area contributed by atoms with E-state index in [0.717, 1.165) is 28.0 Å². The molecule has 0 amide bonds. The Morgan fingerprint density at radius 1 is 1.10 bits per heavy atom. The van der Waals surface area contributed by atoms with E-state index < -0.39 is 0 Å². The van der Waals surface area contributed by atoms with Crippen LogP contribution in [0.1, 0.15) is 11.1 Å². The molecule has 0 atom stereocenters. The Morgan fingerprint density at radius 3 is 2.30 bits per heavy atom. The van der Waals surface area contributed by atoms with E-state index in [1.807, 2.05) is 37.4 Å². The van der Waals surface area contributed by atoms with E-state index in [1.165, 1.54) is 5.56 Å². The maximum absolute atomic E-state index is 9.13. The first-order valence-corrected chi connectivity index (χ1v) is 7.16. The van der Waals surface area contributed by atoms with E-state index >= 15 is 0 Å². The van der Waals surface area contributed by atoms with Crippen LogP contribution in [-0.2, 0) is 13.2 Å². The number of aliphatic hydroxyl groups excluding tert-OH is 1. The lowest BCUT2D eigenvalue weighted by molar-refractivity contribution is 0.282. The molecule has 0 aliphatic rings. The van der Waals surface area contributed by atoms with Crippen LogP contribution in [0.25, 0.3) is 0 Å². The quantitative estimate of drug-likeness (QED) is 0.906. The van der Waals surface area contributed by atoms with E-state index in [9.17, 15) is 0 Å². The van der Waals surface area contributed by atoms with E-state index in [0.29, 0.717) is 0 Å². The van der Waals surface area contributed by atoms with Crippen LogP contribution in [0.15, 0.2) is 46.9 Å². The van der Waals surface area contributed by atoms with Gasteiger partial charge in [0, 0.05) is 18.1 Å². The van der Waals surface area contributed by atoms with Gasteiger partial charge in [0.15, 0.2) is 0 Å². The predicted octanol–water partition coefficient (Wildman–Crippen LogP) is 3.59. The largest absolute Gasteiger partial charge is 0.497 e. The van der Waals surface area contributed by atoms with Crippen molar-refractivity contribution >= 4 is 21.6 Å². The minimum absolute atomic E-state index is 0.0566. The number of hydrogen-bond acceptors (Lipinski definition) is 3. The fourth-order valence-electron chi connectivity index (χ4n) is 2.05. The zero-order valence-corrected chi connectivity index (χ0v) is 13.2. The highest BCUT2D eigenvalue weighted by atomic mass is 79.9. The lowest BCUT2D eigenvalue weighted by atomic mass is 10.1. The van der Waals surface area contributed by atoms with Gasteiger partial charge < -0.3 is 14.7 Å². The molecule has 0 heterocycles. The maximum Gasteiger partial charge on any atom is 0.118 e. The lowest BCUT2D eigenvalue weighted by Gasteiger charge is -2.21. The van der Waals surface area contributed by atoms with E-state index in [-0.39, 0.29) is 6.61 Å². The third-order valence-corrected chi connectivity index (χ3v) is 3.82. The number of nitrogens with zero attached hydrogens (tertiary/aromatic N) is 1. The van der Waals surface area contributed by atoms with Crippen LogP contribution in [0, 0.1) is 0 Å². The Morgan fingerprint density at radius 2 is 1.75 bits per heavy atom. The number of aliphatic hydroxyl groups is 1. The van der Waals surface area contributed by atoms with Gasteiger partial charge in [0.2, 0.25) is 0 Å². The molecule has 0 fully saturated rings. The Balaban J connectivity index is 2.12. The summed E-state index contributed by atoms with van der Waals surface area (Å²) in [5.41, 5.74) is 3.21. The van der Waals surface area contributed by atoms with Crippen molar-refractivity contribution in [3.8, 4) is 5.75 Å². The molecule has 4 heteroatoms. The second kappa shape index (κ2) is 6.77. The minimum atomic E-state index is 0.0566. The molecule has 0 aliphatic heterocycles. The maximum atomic E-state index is 9.13. The number of anilines is 1. The molecule has 3 nitrogen and oxygen atoms in total. The summed E-state index contributed by atoms with van der Waals surface area (Å²) in [7, 11) is 3.71. The number of hydrogen-bond donors (Lipinski definition) is 1. The van der Waals surface area contributed by atoms with Gasteiger partial charge in [-0.15, -0.1) is 0 Å². The van der Waals surface area contributed by atoms with Crippen molar-refractivity contribution in [2.75, 3.05) is 19.1 Å². The van der Waals surface area contributed by atoms with Crippen LogP contribution in [0.4, 0.5) is 5.69 Å². The topological polar surface area (TPSA) is 32.7 Å². The lowest BCUT2D eigenvalue weighted by Crippen LogP contribution is -2.16. The molecule has 0 unspecified atom stereocenters. The van der Waals surface area contributed by atoms with E-state index in [2.05, 4.69) is 33.0 Å². The van der Waals surface area contributed by atoms with Gasteiger partial charge in [-0.3, -0.25) is 0 Å². The van der Waals surface area contributed by atoms with Crippen molar-refractivity contribution in [3.63, 3.8) is 0 Å². The monoisotopic (exact) mass is 335 g/mol. The molecular weight excluding hydrogens is 318 g/mol. The summed E-state index contributed by atoms with van der Waals surface area (Å²) in [6, 6.07) is 13.9. The summed E-state index contributed by atoms with van der Waals surface area (Å²) in [5, 5.41) is 9.13. The zero-order chi connectivity index (χ0) is 14.5. The van der Waals surface area contributed by atoms with Gasteiger partial charge in [-0.1, -0.05) is 18.2 Å². The summed E-state index contributed by atoms with van der Waals surface area (Å²) in [6.07, 6.45) is 0. The fraction of sp³-hybridized carbons (Fsp3) is 0.250. The van der Waals surface area contributed by atoms with E-state index in [4.69, 9.17) is 9.84 Å². The van der Waals surface area contributed by atoms with Gasteiger partial charge in [0.1, 0.15) is 5.75 Å². The molecule has 0 aliphatic carbocycles. The molecule has 0 spiro atoms. The minimum Gasteiger partial charge on any atom is -0.497 e. The molecule has 0 bridgehead atoms. The molecule has 0 saturated heterocycles. The first kappa shape index (κ1) is 14.9. The number of halogens is 1. The van der Waals surface area contributed by atoms with E-state index in [1.54, 1.807) is 7.11 Å². The van der Waals surface area contributed by atoms with Gasteiger partial charge in [-0.2, -0.15) is 0 Å². The van der Waals surface area contributed by atoms with Gasteiger partial charge in [-0.25, -0.2) is 0 Å². The summed E-state index contributed by atoms with van der Waals surface area (Å²) >= 11 is 3.55. The van der Waals surface area contributed by atoms with Crippen molar-refractivity contribution in [2.24, 2.45) is 0 Å². The molecular formula is C16H18BrNO2. The van der Waals surface area contributed by atoms with Crippen LogP contribution in [0.5, 0.6) is 5.75 Å². The molecule has 2 rings (SSSR count). The van der Waals surface area contributed by atoms with Gasteiger partial charge in [-0.05, 0) is 51.3 Å². The molecule has 0 aromatic heterocycles. The summed E-state index contributed by atoms with van der Waals surface area (Å²) in [6.45, 7) is 0.863. The summed E-state index contributed by atoms with van der Waals surface area (Å²) in [4.78, 5) is 2.16. The zero-order valence-electron chi connectivity index (χ0n) is 11.6. The van der Waals surface area contributed by atoms with Crippen LogP contribution < -0.4 is 9.64 Å². The predicted molar refractivity (Wildman–Crippen MR) is 85.2 cm³/mol.